The molecule has 112 valence electrons. The van der Waals surface area contributed by atoms with Gasteiger partial charge in [-0.2, -0.15) is 0 Å². The maximum absolute atomic E-state index is 3.73. The van der Waals surface area contributed by atoms with Gasteiger partial charge in [0.15, 0.2) is 0 Å². The average Bonchev–Trinajstić information content (AvgIpc) is 3.21. The number of hydrogen-bond donors (Lipinski definition) is 1. The molecule has 0 spiro atoms. The molecule has 0 heterocycles. The quantitative estimate of drug-likeness (QED) is 0.754. The van der Waals surface area contributed by atoms with Gasteiger partial charge in [0.2, 0.25) is 0 Å². The summed E-state index contributed by atoms with van der Waals surface area (Å²) in [7, 11) is 0. The van der Waals surface area contributed by atoms with Crippen LogP contribution in [0.3, 0.4) is 0 Å². The first kappa shape index (κ1) is 15.8. The summed E-state index contributed by atoms with van der Waals surface area (Å²) in [6.07, 6.45) is 2.82. The average molecular weight is 339 g/mol. The van der Waals surface area contributed by atoms with Crippen LogP contribution in [0.5, 0.6) is 0 Å². The van der Waals surface area contributed by atoms with Crippen LogP contribution in [0, 0.1) is 11.8 Å². The van der Waals surface area contributed by atoms with Crippen molar-refractivity contribution in [2.75, 3.05) is 24.5 Å². The number of rotatable bonds is 8. The third-order valence-corrected chi connectivity index (χ3v) is 4.57. The van der Waals surface area contributed by atoms with Crippen LogP contribution in [0.15, 0.2) is 22.7 Å². The lowest BCUT2D eigenvalue weighted by Crippen LogP contribution is -2.25. The van der Waals surface area contributed by atoms with E-state index in [0.717, 1.165) is 25.6 Å². The van der Waals surface area contributed by atoms with Crippen molar-refractivity contribution < 1.29 is 0 Å². The third-order valence-electron chi connectivity index (χ3n) is 3.83. The van der Waals surface area contributed by atoms with Crippen LogP contribution in [0.1, 0.15) is 39.2 Å². The van der Waals surface area contributed by atoms with E-state index in [1.807, 2.05) is 0 Å². The standard InChI is InChI=1S/C17H27BrN2/c1-4-20(12-14-5-6-14)16-8-7-15(17(18)9-16)11-19-10-13(2)3/h7-9,13-14,19H,4-6,10-12H2,1-3H3. The van der Waals surface area contributed by atoms with Crippen LogP contribution in [-0.2, 0) is 6.54 Å². The first-order valence-electron chi connectivity index (χ1n) is 7.84. The van der Waals surface area contributed by atoms with Gasteiger partial charge in [-0.15, -0.1) is 0 Å². The predicted molar refractivity (Wildman–Crippen MR) is 91.3 cm³/mol. The monoisotopic (exact) mass is 338 g/mol. The van der Waals surface area contributed by atoms with Crippen molar-refractivity contribution in [3.05, 3.63) is 28.2 Å². The second kappa shape index (κ2) is 7.46. The van der Waals surface area contributed by atoms with Crippen molar-refractivity contribution in [2.24, 2.45) is 11.8 Å². The maximum atomic E-state index is 3.73. The van der Waals surface area contributed by atoms with E-state index >= 15 is 0 Å². The second-order valence-corrected chi connectivity index (χ2v) is 7.14. The molecule has 1 saturated carbocycles. The molecule has 1 aliphatic rings. The third kappa shape index (κ3) is 4.78. The van der Waals surface area contributed by atoms with Crippen LogP contribution < -0.4 is 10.2 Å². The van der Waals surface area contributed by atoms with E-state index in [4.69, 9.17) is 0 Å². The Kier molecular flexibility index (Phi) is 5.91. The Hall–Kier alpha value is -0.540. The fourth-order valence-corrected chi connectivity index (χ4v) is 2.91. The summed E-state index contributed by atoms with van der Waals surface area (Å²) in [4.78, 5) is 2.49. The topological polar surface area (TPSA) is 15.3 Å². The molecule has 0 unspecified atom stereocenters. The summed E-state index contributed by atoms with van der Waals surface area (Å²) in [5, 5.41) is 3.50. The van der Waals surface area contributed by atoms with Crippen molar-refractivity contribution in [1.82, 2.24) is 5.32 Å². The Morgan fingerprint density at radius 1 is 1.35 bits per heavy atom. The van der Waals surface area contributed by atoms with E-state index in [1.54, 1.807) is 0 Å². The van der Waals surface area contributed by atoms with Gasteiger partial charge in [0, 0.05) is 29.8 Å². The Morgan fingerprint density at radius 3 is 2.65 bits per heavy atom. The molecule has 1 aliphatic carbocycles. The first-order chi connectivity index (χ1) is 9.60. The lowest BCUT2D eigenvalue weighted by Gasteiger charge is -2.24. The normalized spacial score (nSPS) is 14.8. The van der Waals surface area contributed by atoms with Crippen molar-refractivity contribution in [3.8, 4) is 0 Å². The summed E-state index contributed by atoms with van der Waals surface area (Å²) >= 11 is 3.73. The summed E-state index contributed by atoms with van der Waals surface area (Å²) in [6, 6.07) is 6.80. The molecule has 20 heavy (non-hydrogen) atoms. The molecule has 0 aromatic heterocycles. The molecule has 0 amide bonds. The zero-order valence-electron chi connectivity index (χ0n) is 13.0. The van der Waals surface area contributed by atoms with Crippen molar-refractivity contribution in [2.45, 2.75) is 40.2 Å². The van der Waals surface area contributed by atoms with Gasteiger partial charge in [-0.25, -0.2) is 0 Å². The van der Waals surface area contributed by atoms with Crippen molar-refractivity contribution in [1.29, 1.82) is 0 Å². The molecule has 0 atom stereocenters. The van der Waals surface area contributed by atoms with E-state index in [-0.39, 0.29) is 0 Å². The minimum atomic E-state index is 0.696. The molecule has 1 aromatic rings. The fraction of sp³-hybridized carbons (Fsp3) is 0.647. The van der Waals surface area contributed by atoms with Crippen LogP contribution >= 0.6 is 15.9 Å². The van der Waals surface area contributed by atoms with Gasteiger partial charge >= 0.3 is 0 Å². The van der Waals surface area contributed by atoms with Crippen LogP contribution in [0.25, 0.3) is 0 Å². The zero-order valence-corrected chi connectivity index (χ0v) is 14.5. The Labute approximate surface area is 132 Å². The van der Waals surface area contributed by atoms with Gasteiger partial charge in [-0.3, -0.25) is 0 Å². The molecule has 0 aliphatic heterocycles. The van der Waals surface area contributed by atoms with Crippen molar-refractivity contribution in [3.63, 3.8) is 0 Å². The number of hydrogen-bond acceptors (Lipinski definition) is 2. The van der Waals surface area contributed by atoms with Crippen molar-refractivity contribution >= 4 is 21.6 Å². The van der Waals surface area contributed by atoms with Crippen LogP contribution in [-0.4, -0.2) is 19.6 Å². The first-order valence-corrected chi connectivity index (χ1v) is 8.63. The molecular weight excluding hydrogens is 312 g/mol. The molecule has 2 nitrogen and oxygen atoms in total. The molecule has 1 N–H and O–H groups in total. The van der Waals surface area contributed by atoms with E-state index in [2.05, 4.69) is 65.1 Å². The SMILES string of the molecule is CCN(CC1CC1)c1ccc(CNCC(C)C)c(Br)c1. The molecule has 0 saturated heterocycles. The second-order valence-electron chi connectivity index (χ2n) is 6.28. The van der Waals surface area contributed by atoms with E-state index in [0.29, 0.717) is 5.92 Å². The van der Waals surface area contributed by atoms with Crippen LogP contribution in [0.2, 0.25) is 0 Å². The zero-order chi connectivity index (χ0) is 14.5. The number of benzene rings is 1. The smallest absolute Gasteiger partial charge is 0.0377 e. The van der Waals surface area contributed by atoms with Gasteiger partial charge in [0.1, 0.15) is 0 Å². The Balaban J connectivity index is 1.96. The Morgan fingerprint density at radius 2 is 2.10 bits per heavy atom. The highest BCUT2D eigenvalue weighted by Crippen LogP contribution is 2.32. The summed E-state index contributed by atoms with van der Waals surface area (Å²) < 4.78 is 1.22. The lowest BCUT2D eigenvalue weighted by atomic mass is 10.1. The molecule has 2 rings (SSSR count). The number of nitrogens with zero attached hydrogens (tertiary/aromatic N) is 1. The number of nitrogens with one attached hydrogen (secondary N) is 1. The van der Waals surface area contributed by atoms with E-state index in [9.17, 15) is 0 Å². The van der Waals surface area contributed by atoms with Gasteiger partial charge in [-0.05, 0) is 55.8 Å². The summed E-state index contributed by atoms with van der Waals surface area (Å²) in [6.45, 7) is 11.0. The molecule has 0 radical (unpaired) electrons. The van der Waals surface area contributed by atoms with Gasteiger partial charge < -0.3 is 10.2 Å². The minimum Gasteiger partial charge on any atom is -0.372 e. The fourth-order valence-electron chi connectivity index (χ4n) is 2.40. The minimum absolute atomic E-state index is 0.696. The number of halogens is 1. The molecule has 0 bridgehead atoms. The summed E-state index contributed by atoms with van der Waals surface area (Å²) in [5.74, 6) is 1.63. The maximum Gasteiger partial charge on any atom is 0.0377 e. The van der Waals surface area contributed by atoms with Gasteiger partial charge in [0.05, 0.1) is 0 Å². The van der Waals surface area contributed by atoms with Gasteiger partial charge in [0.25, 0.3) is 0 Å². The summed E-state index contributed by atoms with van der Waals surface area (Å²) in [5.41, 5.74) is 2.69. The van der Waals surface area contributed by atoms with E-state index < -0.39 is 0 Å². The Bertz CT molecular complexity index is 427. The molecule has 1 aromatic carbocycles. The predicted octanol–water partition coefficient (Wildman–Crippen LogP) is 4.43. The molecule has 3 heteroatoms. The van der Waals surface area contributed by atoms with Gasteiger partial charge in [-0.1, -0.05) is 35.8 Å². The van der Waals surface area contributed by atoms with E-state index in [1.165, 1.54) is 35.1 Å². The largest absolute Gasteiger partial charge is 0.372 e. The highest BCUT2D eigenvalue weighted by Gasteiger charge is 2.24. The highest BCUT2D eigenvalue weighted by atomic mass is 79.9. The highest BCUT2D eigenvalue weighted by molar-refractivity contribution is 9.10. The van der Waals surface area contributed by atoms with Crippen LogP contribution in [0.4, 0.5) is 5.69 Å². The lowest BCUT2D eigenvalue weighted by molar-refractivity contribution is 0.552. The number of anilines is 1. The molecular formula is C17H27BrN2. The molecule has 1 fully saturated rings.